The van der Waals surface area contributed by atoms with Gasteiger partial charge in [-0.05, 0) is 13.1 Å². The average molecular weight is 166 g/mol. The van der Waals surface area contributed by atoms with Gasteiger partial charge in [0.2, 0.25) is 0 Å². The van der Waals surface area contributed by atoms with E-state index in [0.29, 0.717) is 12.4 Å². The summed E-state index contributed by atoms with van der Waals surface area (Å²) in [5.41, 5.74) is 0. The minimum Gasteiger partial charge on any atom is -0.391 e. The van der Waals surface area contributed by atoms with Crippen LogP contribution < -0.4 is 0 Å². The van der Waals surface area contributed by atoms with Crippen molar-refractivity contribution in [3.8, 4) is 0 Å². The second kappa shape index (κ2) is 5.96. The van der Waals surface area contributed by atoms with Crippen molar-refractivity contribution in [3.63, 3.8) is 0 Å². The number of aliphatic hydroxyl groups is 1. The van der Waals surface area contributed by atoms with Crippen LogP contribution in [0.1, 0.15) is 13.8 Å². The fraction of sp³-hybridized carbons (Fsp3) is 1.00. The summed E-state index contributed by atoms with van der Waals surface area (Å²) in [7, 11) is 0. The lowest BCUT2D eigenvalue weighted by Crippen LogP contribution is -2.32. The molecule has 0 aromatic heterocycles. The van der Waals surface area contributed by atoms with E-state index in [1.54, 1.807) is 0 Å². The van der Waals surface area contributed by atoms with Gasteiger partial charge in [0.1, 0.15) is 0 Å². The monoisotopic (exact) mass is 165 g/mol. The van der Waals surface area contributed by atoms with Gasteiger partial charge in [-0.2, -0.15) is 0 Å². The van der Waals surface area contributed by atoms with Crippen molar-refractivity contribution in [1.29, 1.82) is 0 Å². The van der Waals surface area contributed by atoms with E-state index >= 15 is 0 Å². The minimum atomic E-state index is -0.374. The molecule has 0 aromatic rings. The molecule has 0 saturated heterocycles. The Labute approximate surface area is 67.8 Å². The van der Waals surface area contributed by atoms with Crippen LogP contribution >= 0.6 is 11.6 Å². The zero-order valence-electron chi connectivity index (χ0n) is 6.68. The molecule has 62 valence electrons. The first-order valence-corrected chi connectivity index (χ1v) is 4.24. The van der Waals surface area contributed by atoms with Crippen LogP contribution in [-0.2, 0) is 0 Å². The Balaban J connectivity index is 3.41. The first kappa shape index (κ1) is 10.2. The average Bonchev–Trinajstić information content (AvgIpc) is 1.99. The summed E-state index contributed by atoms with van der Waals surface area (Å²) < 4.78 is 0. The molecule has 3 heteroatoms. The lowest BCUT2D eigenvalue weighted by Gasteiger charge is -2.20. The van der Waals surface area contributed by atoms with Crippen LogP contribution in [0.2, 0.25) is 0 Å². The first-order valence-electron chi connectivity index (χ1n) is 3.70. The second-order valence-corrected chi connectivity index (χ2v) is 2.60. The van der Waals surface area contributed by atoms with Gasteiger partial charge in [0.25, 0.3) is 0 Å². The van der Waals surface area contributed by atoms with E-state index in [1.165, 1.54) is 0 Å². The first-order chi connectivity index (χ1) is 4.74. The molecule has 0 bridgehead atoms. The molecule has 0 aliphatic heterocycles. The summed E-state index contributed by atoms with van der Waals surface area (Å²) >= 11 is 5.43. The summed E-state index contributed by atoms with van der Waals surface area (Å²) in [4.78, 5) is 2.15. The topological polar surface area (TPSA) is 23.5 Å². The highest BCUT2D eigenvalue weighted by Crippen LogP contribution is 1.93. The highest BCUT2D eigenvalue weighted by molar-refractivity contribution is 6.18. The van der Waals surface area contributed by atoms with Gasteiger partial charge in [0.15, 0.2) is 0 Å². The van der Waals surface area contributed by atoms with Gasteiger partial charge in [-0.1, -0.05) is 13.8 Å². The van der Waals surface area contributed by atoms with Gasteiger partial charge in [0.05, 0.1) is 6.10 Å². The van der Waals surface area contributed by atoms with Crippen LogP contribution in [0.4, 0.5) is 0 Å². The molecule has 0 spiro atoms. The van der Waals surface area contributed by atoms with Crippen LogP contribution in [0, 0.1) is 0 Å². The van der Waals surface area contributed by atoms with Crippen LogP contribution in [-0.4, -0.2) is 41.6 Å². The molecule has 2 nitrogen and oxygen atoms in total. The fourth-order valence-corrected chi connectivity index (χ4v) is 0.926. The standard InChI is InChI=1S/C7H16ClNO/c1-3-9(4-2)6-7(10)5-8/h7,10H,3-6H2,1-2H3/t7-/m1/s1. The molecule has 0 aromatic carbocycles. The minimum absolute atomic E-state index is 0.330. The molecule has 0 fully saturated rings. The van der Waals surface area contributed by atoms with Crippen LogP contribution in [0.3, 0.4) is 0 Å². The van der Waals surface area contributed by atoms with Crippen LogP contribution in [0.15, 0.2) is 0 Å². The zero-order valence-corrected chi connectivity index (χ0v) is 7.43. The van der Waals surface area contributed by atoms with Crippen molar-refractivity contribution in [1.82, 2.24) is 4.90 Å². The summed E-state index contributed by atoms with van der Waals surface area (Å²) in [6.07, 6.45) is -0.374. The van der Waals surface area contributed by atoms with Crippen molar-refractivity contribution >= 4 is 11.6 Å². The van der Waals surface area contributed by atoms with Crippen LogP contribution in [0.5, 0.6) is 0 Å². The van der Waals surface area contributed by atoms with E-state index in [2.05, 4.69) is 18.7 Å². The van der Waals surface area contributed by atoms with E-state index in [4.69, 9.17) is 16.7 Å². The quantitative estimate of drug-likeness (QED) is 0.613. The molecule has 10 heavy (non-hydrogen) atoms. The van der Waals surface area contributed by atoms with Crippen molar-refractivity contribution in [2.75, 3.05) is 25.5 Å². The highest BCUT2D eigenvalue weighted by Gasteiger charge is 2.05. The number of halogens is 1. The van der Waals surface area contributed by atoms with Crippen LogP contribution in [0.25, 0.3) is 0 Å². The Kier molecular flexibility index (Phi) is 6.08. The number of nitrogens with zero attached hydrogens (tertiary/aromatic N) is 1. The number of alkyl halides is 1. The molecule has 0 aliphatic carbocycles. The Morgan fingerprint density at radius 3 is 2.20 bits per heavy atom. The number of aliphatic hydroxyl groups excluding tert-OH is 1. The number of hydrogen-bond donors (Lipinski definition) is 1. The summed E-state index contributed by atoms with van der Waals surface area (Å²) in [5.74, 6) is 0.330. The fourth-order valence-electron chi connectivity index (χ4n) is 0.829. The third kappa shape index (κ3) is 4.09. The Morgan fingerprint density at radius 2 is 1.90 bits per heavy atom. The Morgan fingerprint density at radius 1 is 1.40 bits per heavy atom. The smallest absolute Gasteiger partial charge is 0.0802 e. The van der Waals surface area contributed by atoms with Crippen molar-refractivity contribution < 1.29 is 5.11 Å². The van der Waals surface area contributed by atoms with Crippen molar-refractivity contribution in [3.05, 3.63) is 0 Å². The lowest BCUT2D eigenvalue weighted by atomic mass is 10.3. The molecule has 0 heterocycles. The van der Waals surface area contributed by atoms with Crippen molar-refractivity contribution in [2.24, 2.45) is 0 Å². The number of likely N-dealkylation sites (N-methyl/N-ethyl adjacent to an activating group) is 1. The molecular weight excluding hydrogens is 150 g/mol. The molecule has 0 amide bonds. The predicted octanol–water partition coefficient (Wildman–Crippen LogP) is 0.928. The summed E-state index contributed by atoms with van der Waals surface area (Å²) in [6.45, 7) is 6.79. The van der Waals surface area contributed by atoms with Gasteiger partial charge in [-0.3, -0.25) is 0 Å². The molecule has 1 N–H and O–H groups in total. The summed E-state index contributed by atoms with van der Waals surface area (Å²) in [5, 5.41) is 9.12. The van der Waals surface area contributed by atoms with E-state index in [-0.39, 0.29) is 6.10 Å². The van der Waals surface area contributed by atoms with Crippen molar-refractivity contribution in [2.45, 2.75) is 20.0 Å². The third-order valence-electron chi connectivity index (χ3n) is 1.54. The van der Waals surface area contributed by atoms with Gasteiger partial charge >= 0.3 is 0 Å². The highest BCUT2D eigenvalue weighted by atomic mass is 35.5. The Hall–Kier alpha value is 0.210. The maximum atomic E-state index is 9.12. The van der Waals surface area contributed by atoms with Gasteiger partial charge in [0, 0.05) is 12.4 Å². The zero-order chi connectivity index (χ0) is 7.98. The van der Waals surface area contributed by atoms with Gasteiger partial charge in [-0.25, -0.2) is 0 Å². The Bertz CT molecular complexity index is 76.0. The number of hydrogen-bond acceptors (Lipinski definition) is 2. The van der Waals surface area contributed by atoms with Gasteiger partial charge in [-0.15, -0.1) is 11.6 Å². The maximum Gasteiger partial charge on any atom is 0.0802 e. The van der Waals surface area contributed by atoms with E-state index in [9.17, 15) is 0 Å². The lowest BCUT2D eigenvalue weighted by molar-refractivity contribution is 0.136. The van der Waals surface area contributed by atoms with E-state index in [0.717, 1.165) is 13.1 Å². The molecule has 0 radical (unpaired) electrons. The van der Waals surface area contributed by atoms with E-state index < -0.39 is 0 Å². The predicted molar refractivity (Wildman–Crippen MR) is 44.5 cm³/mol. The maximum absolute atomic E-state index is 9.12. The molecule has 0 aliphatic rings. The molecular formula is C7H16ClNO. The van der Waals surface area contributed by atoms with E-state index in [1.807, 2.05) is 0 Å². The SMILES string of the molecule is CCN(CC)C[C@H](O)CCl. The molecule has 0 unspecified atom stereocenters. The largest absolute Gasteiger partial charge is 0.391 e. The second-order valence-electron chi connectivity index (χ2n) is 2.29. The number of rotatable bonds is 5. The normalized spacial score (nSPS) is 14.1. The molecule has 1 atom stereocenters. The van der Waals surface area contributed by atoms with Gasteiger partial charge < -0.3 is 10.0 Å². The molecule has 0 saturated carbocycles. The molecule has 0 rings (SSSR count). The third-order valence-corrected chi connectivity index (χ3v) is 1.90. The summed E-state index contributed by atoms with van der Waals surface area (Å²) in [6, 6.07) is 0.